The molecule has 10 nitrogen and oxygen atoms in total. The van der Waals surface area contributed by atoms with Crippen LogP contribution in [-0.2, 0) is 26.0 Å². The molecule has 0 bridgehead atoms. The van der Waals surface area contributed by atoms with Crippen LogP contribution in [0.4, 0.5) is 0 Å². The van der Waals surface area contributed by atoms with Gasteiger partial charge in [-0.15, -0.1) is 0 Å². The summed E-state index contributed by atoms with van der Waals surface area (Å²) in [4.78, 5) is 30.0. The maximum Gasteiger partial charge on any atom is 0.245 e. The average molecular weight is 605 g/mol. The van der Waals surface area contributed by atoms with Crippen LogP contribution in [0.5, 0.6) is 5.75 Å². The molecule has 0 spiro atoms. The zero-order valence-corrected chi connectivity index (χ0v) is 27.0. The molecule has 0 aliphatic carbocycles. The van der Waals surface area contributed by atoms with Gasteiger partial charge in [-0.2, -0.15) is 4.31 Å². The van der Waals surface area contributed by atoms with Crippen LogP contribution in [-0.4, -0.2) is 98.5 Å². The summed E-state index contributed by atoms with van der Waals surface area (Å²) in [5.74, 6) is -0.378. The second-order valence-corrected chi connectivity index (χ2v) is 14.2. The van der Waals surface area contributed by atoms with Crippen molar-refractivity contribution in [3.05, 3.63) is 60.2 Å². The molecule has 2 amide bonds. The van der Waals surface area contributed by atoms with E-state index in [0.29, 0.717) is 5.75 Å². The molecule has 2 unspecified atom stereocenters. The van der Waals surface area contributed by atoms with E-state index in [4.69, 9.17) is 10.5 Å². The van der Waals surface area contributed by atoms with Crippen molar-refractivity contribution in [2.75, 3.05) is 40.8 Å². The number of ether oxygens (including phenoxy) is 1. The van der Waals surface area contributed by atoms with Crippen molar-refractivity contribution in [2.45, 2.75) is 64.1 Å². The molecule has 42 heavy (non-hydrogen) atoms. The Morgan fingerprint density at radius 3 is 2.00 bits per heavy atom. The molecule has 0 saturated carbocycles. The number of carbonyl (C=O) groups is 2. The summed E-state index contributed by atoms with van der Waals surface area (Å²) >= 11 is 0. The highest BCUT2D eigenvalue weighted by Crippen LogP contribution is 2.31. The molecular formula is C31H48N4O6S. The predicted molar refractivity (Wildman–Crippen MR) is 164 cm³/mol. The second-order valence-electron chi connectivity index (χ2n) is 12.2. The Kier molecular flexibility index (Phi) is 12.5. The first-order valence-corrected chi connectivity index (χ1v) is 15.6. The Bertz CT molecular complexity index is 1260. The normalized spacial score (nSPS) is 14.4. The van der Waals surface area contributed by atoms with Gasteiger partial charge in [0, 0.05) is 27.2 Å². The predicted octanol–water partition coefficient (Wildman–Crippen LogP) is 2.60. The maximum absolute atomic E-state index is 13.8. The van der Waals surface area contributed by atoms with Crippen LogP contribution in [0.1, 0.15) is 40.2 Å². The first-order valence-electron chi connectivity index (χ1n) is 14.1. The number of hydrogen-bond acceptors (Lipinski definition) is 7. The first-order chi connectivity index (χ1) is 19.5. The van der Waals surface area contributed by atoms with Gasteiger partial charge in [-0.3, -0.25) is 9.59 Å². The van der Waals surface area contributed by atoms with Gasteiger partial charge in [0.2, 0.25) is 21.8 Å². The monoisotopic (exact) mass is 604 g/mol. The Morgan fingerprint density at radius 1 is 0.976 bits per heavy atom. The molecule has 0 radical (unpaired) electrons. The van der Waals surface area contributed by atoms with E-state index in [1.54, 1.807) is 26.2 Å². The van der Waals surface area contributed by atoms with E-state index in [2.05, 4.69) is 0 Å². The highest BCUT2D eigenvalue weighted by molar-refractivity contribution is 7.89. The van der Waals surface area contributed by atoms with E-state index >= 15 is 0 Å². The number of amides is 2. The third kappa shape index (κ3) is 9.00. The summed E-state index contributed by atoms with van der Waals surface area (Å²) in [5.41, 5.74) is 5.97. The summed E-state index contributed by atoms with van der Waals surface area (Å²) < 4.78 is 34.1. The number of nitrogens with two attached hydrogens (primary N) is 1. The van der Waals surface area contributed by atoms with Crippen molar-refractivity contribution in [3.63, 3.8) is 0 Å². The van der Waals surface area contributed by atoms with Crippen molar-refractivity contribution in [1.29, 1.82) is 0 Å². The Labute approximate surface area is 251 Å². The summed E-state index contributed by atoms with van der Waals surface area (Å²) in [6.45, 7) is 8.77. The first kappa shape index (κ1) is 35.2. The molecular weight excluding hydrogens is 556 g/mol. The molecule has 0 saturated heterocycles. The van der Waals surface area contributed by atoms with Crippen LogP contribution in [0.25, 0.3) is 0 Å². The molecule has 0 aliphatic heterocycles. The van der Waals surface area contributed by atoms with Crippen LogP contribution in [0.3, 0.4) is 0 Å². The van der Waals surface area contributed by atoms with Crippen LogP contribution in [0, 0.1) is 11.3 Å². The smallest absolute Gasteiger partial charge is 0.245 e. The number of aliphatic hydroxyl groups is 1. The highest BCUT2D eigenvalue weighted by atomic mass is 32.2. The number of benzene rings is 2. The van der Waals surface area contributed by atoms with Crippen molar-refractivity contribution < 1.29 is 27.9 Å². The highest BCUT2D eigenvalue weighted by Gasteiger charge is 2.45. The SMILES string of the molecule is COc1ccc(S(=O)(=O)N(CC(C)C)CC(O)C(Cc2ccccc2)N(C(=O)CN)[C@H](C(=O)N(C)C)C(C)(C)C)cc1. The maximum atomic E-state index is 13.8. The van der Waals surface area contributed by atoms with Crippen LogP contribution in [0.15, 0.2) is 59.5 Å². The number of aliphatic hydroxyl groups excluding tert-OH is 1. The fourth-order valence-corrected chi connectivity index (χ4v) is 6.58. The molecule has 2 aromatic rings. The molecule has 2 aromatic carbocycles. The lowest BCUT2D eigenvalue weighted by atomic mass is 9.82. The van der Waals surface area contributed by atoms with Gasteiger partial charge in [0.25, 0.3) is 0 Å². The lowest BCUT2D eigenvalue weighted by molar-refractivity contribution is -0.154. The summed E-state index contributed by atoms with van der Waals surface area (Å²) in [6, 6.07) is 13.4. The molecule has 2 rings (SSSR count). The molecule has 0 aromatic heterocycles. The van der Waals surface area contributed by atoms with E-state index < -0.39 is 39.5 Å². The van der Waals surface area contributed by atoms with Gasteiger partial charge < -0.3 is 25.4 Å². The van der Waals surface area contributed by atoms with E-state index in [0.717, 1.165) is 5.56 Å². The van der Waals surface area contributed by atoms with E-state index in [1.165, 1.54) is 33.3 Å². The molecule has 0 fully saturated rings. The van der Waals surface area contributed by atoms with Gasteiger partial charge in [0.05, 0.1) is 30.7 Å². The van der Waals surface area contributed by atoms with E-state index in [-0.39, 0.29) is 42.8 Å². The lowest BCUT2D eigenvalue weighted by Crippen LogP contribution is -2.64. The van der Waals surface area contributed by atoms with Crippen molar-refractivity contribution in [3.8, 4) is 5.75 Å². The quantitative estimate of drug-likeness (QED) is 0.339. The zero-order chi connectivity index (χ0) is 31.8. The van der Waals surface area contributed by atoms with Gasteiger partial charge in [0.15, 0.2) is 0 Å². The van der Waals surface area contributed by atoms with Gasteiger partial charge in [-0.05, 0) is 47.6 Å². The summed E-state index contributed by atoms with van der Waals surface area (Å²) in [5, 5.41) is 11.9. The Balaban J connectivity index is 2.67. The number of likely N-dealkylation sites (N-methyl/N-ethyl adjacent to an activating group) is 1. The van der Waals surface area contributed by atoms with E-state index in [1.807, 2.05) is 65.0 Å². The minimum absolute atomic E-state index is 0.0565. The summed E-state index contributed by atoms with van der Waals surface area (Å²) in [7, 11) is 0.684. The largest absolute Gasteiger partial charge is 0.497 e. The third-order valence-electron chi connectivity index (χ3n) is 6.98. The lowest BCUT2D eigenvalue weighted by Gasteiger charge is -2.46. The zero-order valence-electron chi connectivity index (χ0n) is 26.1. The number of methoxy groups -OCH3 is 1. The van der Waals surface area contributed by atoms with Gasteiger partial charge in [-0.25, -0.2) is 8.42 Å². The van der Waals surface area contributed by atoms with Crippen LogP contribution in [0.2, 0.25) is 0 Å². The molecule has 0 aliphatic rings. The summed E-state index contributed by atoms with van der Waals surface area (Å²) in [6.07, 6.45) is -1.17. The standard InChI is InChI=1S/C31H48N4O6S/c1-22(2)20-34(42(39,40)25-16-14-24(41-8)15-17-25)21-27(36)26(18-23-12-10-9-11-13-23)35(28(37)19-32)29(31(3,4)5)30(38)33(6)7/h9-17,22,26-27,29,36H,18-21,32H2,1-8H3/t26?,27?,29-/m1/s1. The molecule has 3 atom stereocenters. The van der Waals surface area contributed by atoms with Crippen LogP contribution >= 0.6 is 0 Å². The van der Waals surface area contributed by atoms with E-state index in [9.17, 15) is 23.1 Å². The fourth-order valence-electron chi connectivity index (χ4n) is 4.96. The van der Waals surface area contributed by atoms with Crippen molar-refractivity contribution >= 4 is 21.8 Å². The Hall–Kier alpha value is -2.99. The van der Waals surface area contributed by atoms with Crippen LogP contribution < -0.4 is 10.5 Å². The molecule has 0 heterocycles. The molecule has 234 valence electrons. The Morgan fingerprint density at radius 2 is 1.55 bits per heavy atom. The van der Waals surface area contributed by atoms with Crippen molar-refractivity contribution in [1.82, 2.24) is 14.1 Å². The van der Waals surface area contributed by atoms with Crippen molar-refractivity contribution in [2.24, 2.45) is 17.1 Å². The number of hydrogen-bond donors (Lipinski definition) is 2. The minimum Gasteiger partial charge on any atom is -0.497 e. The van der Waals surface area contributed by atoms with Gasteiger partial charge in [0.1, 0.15) is 11.8 Å². The van der Waals surface area contributed by atoms with Gasteiger partial charge >= 0.3 is 0 Å². The second kappa shape index (κ2) is 15.0. The molecule has 11 heteroatoms. The average Bonchev–Trinajstić information content (AvgIpc) is 2.93. The minimum atomic E-state index is -4.04. The number of rotatable bonds is 14. The molecule has 3 N–H and O–H groups in total. The number of nitrogens with zero attached hydrogens (tertiary/aromatic N) is 3. The number of carbonyl (C=O) groups excluding carboxylic acids is 2. The third-order valence-corrected chi connectivity index (χ3v) is 8.83. The number of sulfonamides is 1. The topological polar surface area (TPSA) is 133 Å². The van der Waals surface area contributed by atoms with Gasteiger partial charge in [-0.1, -0.05) is 65.0 Å². The fraction of sp³-hybridized carbons (Fsp3) is 0.548.